The number of hydrogen-bond donors (Lipinski definition) is 1. The molecular weight excluding hydrogens is 277 g/mol. The molecule has 0 radical (unpaired) electrons. The Bertz CT molecular complexity index is 256. The van der Waals surface area contributed by atoms with E-state index in [2.05, 4.69) is 18.9 Å². The van der Waals surface area contributed by atoms with E-state index in [0.29, 0.717) is 6.04 Å². The lowest BCUT2D eigenvalue weighted by Gasteiger charge is -2.30. The molecule has 0 spiro atoms. The Labute approximate surface area is 124 Å². The van der Waals surface area contributed by atoms with E-state index in [4.69, 9.17) is 20.9 Å². The van der Waals surface area contributed by atoms with Crippen molar-refractivity contribution < 1.29 is 9.05 Å². The predicted octanol–water partition coefficient (Wildman–Crippen LogP) is 4.77. The van der Waals surface area contributed by atoms with Gasteiger partial charge in [-0.2, -0.15) is 0 Å². The average molecular weight is 307 g/mol. The Balaban J connectivity index is 2.43. The van der Waals surface area contributed by atoms with Gasteiger partial charge >= 0.3 is 0 Å². The fraction of sp³-hybridized carbons (Fsp3) is 1.00. The summed E-state index contributed by atoms with van der Waals surface area (Å²) in [4.78, 5) is 0. The van der Waals surface area contributed by atoms with E-state index in [9.17, 15) is 0 Å². The van der Waals surface area contributed by atoms with Gasteiger partial charge in [0.2, 0.25) is 0 Å². The summed E-state index contributed by atoms with van der Waals surface area (Å²) < 4.78 is 11.8. The topological polar surface area (TPSA) is 30.5 Å². The van der Waals surface area contributed by atoms with Crippen LogP contribution in [0.1, 0.15) is 71.6 Å². The van der Waals surface area contributed by atoms with Crippen LogP contribution in [0.4, 0.5) is 0 Å². The van der Waals surface area contributed by atoms with Crippen LogP contribution in [-0.4, -0.2) is 19.3 Å². The Morgan fingerprint density at radius 3 is 2.00 bits per heavy atom. The van der Waals surface area contributed by atoms with Crippen LogP contribution in [0.15, 0.2) is 0 Å². The quantitative estimate of drug-likeness (QED) is 0.465. The predicted molar refractivity (Wildman–Crippen MR) is 86.0 cm³/mol. The van der Waals surface area contributed by atoms with Gasteiger partial charge in [0.05, 0.1) is 13.2 Å². The van der Waals surface area contributed by atoms with E-state index >= 15 is 0 Å². The van der Waals surface area contributed by atoms with Gasteiger partial charge in [-0.05, 0) is 37.5 Å². The molecule has 1 N–H and O–H groups in total. The van der Waals surface area contributed by atoms with Crippen LogP contribution in [0, 0.1) is 0 Å². The van der Waals surface area contributed by atoms with Gasteiger partial charge in [-0.1, -0.05) is 46.0 Å². The first-order chi connectivity index (χ1) is 9.20. The van der Waals surface area contributed by atoms with Crippen molar-refractivity contribution in [3.63, 3.8) is 0 Å². The monoisotopic (exact) mass is 307 g/mol. The second kappa shape index (κ2) is 10.3. The van der Waals surface area contributed by atoms with Crippen molar-refractivity contribution in [2.75, 3.05) is 13.2 Å². The van der Waals surface area contributed by atoms with Gasteiger partial charge < -0.3 is 9.05 Å². The second-order valence-corrected chi connectivity index (χ2v) is 8.55. The van der Waals surface area contributed by atoms with Crippen molar-refractivity contribution in [1.29, 1.82) is 0 Å². The van der Waals surface area contributed by atoms with Crippen LogP contribution in [0.3, 0.4) is 0 Å². The van der Waals surface area contributed by atoms with Crippen LogP contribution < -0.4 is 5.09 Å². The third-order valence-corrected chi connectivity index (χ3v) is 6.14. The lowest BCUT2D eigenvalue weighted by atomic mass is 9.96. The van der Waals surface area contributed by atoms with Crippen molar-refractivity contribution in [3.05, 3.63) is 0 Å². The maximum atomic E-state index is 5.91. The maximum Gasteiger partial charge on any atom is 0.261 e. The number of nitrogens with one attached hydrogen (secondary N) is 1. The van der Waals surface area contributed by atoms with Crippen molar-refractivity contribution in [2.45, 2.75) is 77.7 Å². The molecule has 0 amide bonds. The zero-order valence-corrected chi connectivity index (χ0v) is 14.2. The molecule has 0 aromatic rings. The van der Waals surface area contributed by atoms with E-state index in [-0.39, 0.29) is 0 Å². The van der Waals surface area contributed by atoms with Crippen molar-refractivity contribution in [1.82, 2.24) is 5.09 Å². The van der Waals surface area contributed by atoms with Crippen LogP contribution in [0.5, 0.6) is 0 Å². The largest absolute Gasteiger partial charge is 0.318 e. The molecule has 0 aliphatic heterocycles. The normalized spacial score (nSPS) is 17.8. The standard InChI is InChI=1S/C14H30NO2PS/c1-3-5-12-16-18(19,17-13-6-4-2)15-14-10-8-7-9-11-14/h14H,3-13H2,1-2H3,(H,15,19). The minimum Gasteiger partial charge on any atom is -0.318 e. The van der Waals surface area contributed by atoms with Crippen LogP contribution >= 0.6 is 6.64 Å². The van der Waals surface area contributed by atoms with Crippen molar-refractivity contribution >= 4 is 18.4 Å². The number of hydrogen-bond acceptors (Lipinski definition) is 3. The Morgan fingerprint density at radius 1 is 1.00 bits per heavy atom. The van der Waals surface area contributed by atoms with E-state index in [1.807, 2.05) is 0 Å². The van der Waals surface area contributed by atoms with Crippen LogP contribution in [-0.2, 0) is 20.9 Å². The summed E-state index contributed by atoms with van der Waals surface area (Å²) in [5.74, 6) is 0. The van der Waals surface area contributed by atoms with Gasteiger partial charge in [-0.15, -0.1) is 0 Å². The summed E-state index contributed by atoms with van der Waals surface area (Å²) in [6.45, 7) is 3.51. The van der Waals surface area contributed by atoms with E-state index < -0.39 is 6.64 Å². The van der Waals surface area contributed by atoms with Gasteiger partial charge in [0.1, 0.15) is 0 Å². The molecule has 1 rings (SSSR count). The first-order valence-electron chi connectivity index (χ1n) is 7.87. The third kappa shape index (κ3) is 7.77. The molecule has 1 saturated carbocycles. The highest BCUT2D eigenvalue weighted by Crippen LogP contribution is 2.46. The number of unbranched alkanes of at least 4 members (excludes halogenated alkanes) is 2. The fourth-order valence-electron chi connectivity index (χ4n) is 2.23. The van der Waals surface area contributed by atoms with E-state index in [1.54, 1.807) is 0 Å². The van der Waals surface area contributed by atoms with E-state index in [1.165, 1.54) is 32.1 Å². The highest BCUT2D eigenvalue weighted by molar-refractivity contribution is 8.09. The minimum atomic E-state index is -2.26. The molecule has 0 bridgehead atoms. The molecule has 1 aliphatic carbocycles. The SMILES string of the molecule is CCCCOP(=S)(NC1CCCCC1)OCCCC. The molecule has 0 atom stereocenters. The molecule has 0 heterocycles. The molecule has 3 nitrogen and oxygen atoms in total. The van der Waals surface area contributed by atoms with Crippen LogP contribution in [0.2, 0.25) is 0 Å². The molecule has 0 saturated heterocycles. The lowest BCUT2D eigenvalue weighted by Crippen LogP contribution is -2.30. The summed E-state index contributed by atoms with van der Waals surface area (Å²) >= 11 is 5.66. The molecule has 0 aromatic heterocycles. The first-order valence-corrected chi connectivity index (χ1v) is 10.5. The minimum absolute atomic E-state index is 0.503. The lowest BCUT2D eigenvalue weighted by molar-refractivity contribution is 0.226. The molecule has 5 heteroatoms. The highest BCUT2D eigenvalue weighted by Gasteiger charge is 2.24. The zero-order valence-electron chi connectivity index (χ0n) is 12.5. The summed E-state index contributed by atoms with van der Waals surface area (Å²) in [6.07, 6.45) is 10.8. The molecule has 19 heavy (non-hydrogen) atoms. The second-order valence-electron chi connectivity index (χ2n) is 5.34. The Hall–Kier alpha value is 0.530. The van der Waals surface area contributed by atoms with Crippen molar-refractivity contribution in [3.8, 4) is 0 Å². The van der Waals surface area contributed by atoms with E-state index in [0.717, 1.165) is 38.9 Å². The molecule has 114 valence electrons. The zero-order chi connectivity index (χ0) is 14.0. The van der Waals surface area contributed by atoms with Gasteiger partial charge in [-0.25, -0.2) is 5.09 Å². The molecule has 0 unspecified atom stereocenters. The number of rotatable bonds is 10. The molecule has 1 fully saturated rings. The Kier molecular flexibility index (Phi) is 9.52. The van der Waals surface area contributed by atoms with Crippen molar-refractivity contribution in [2.24, 2.45) is 0 Å². The Morgan fingerprint density at radius 2 is 1.53 bits per heavy atom. The van der Waals surface area contributed by atoms with Crippen LogP contribution in [0.25, 0.3) is 0 Å². The summed E-state index contributed by atoms with van der Waals surface area (Å²) in [5, 5.41) is 3.53. The summed E-state index contributed by atoms with van der Waals surface area (Å²) in [6, 6.07) is 0.503. The molecule has 0 aromatic carbocycles. The van der Waals surface area contributed by atoms with Gasteiger partial charge in [-0.3, -0.25) is 0 Å². The first kappa shape index (κ1) is 17.6. The fourth-order valence-corrected chi connectivity index (χ4v) is 4.79. The maximum absolute atomic E-state index is 5.91. The highest BCUT2D eigenvalue weighted by atomic mass is 32.5. The average Bonchev–Trinajstić information content (AvgIpc) is 2.40. The molecule has 1 aliphatic rings. The summed E-state index contributed by atoms with van der Waals surface area (Å²) in [5.41, 5.74) is 0. The summed E-state index contributed by atoms with van der Waals surface area (Å²) in [7, 11) is 0. The van der Waals surface area contributed by atoms with Gasteiger partial charge in [0, 0.05) is 6.04 Å². The third-order valence-electron chi connectivity index (χ3n) is 3.46. The smallest absolute Gasteiger partial charge is 0.261 e. The molecular formula is C14H30NO2PS. The van der Waals surface area contributed by atoms with Gasteiger partial charge in [0.15, 0.2) is 0 Å². The van der Waals surface area contributed by atoms with Gasteiger partial charge in [0.25, 0.3) is 6.64 Å².